The zero-order chi connectivity index (χ0) is 22.1. The van der Waals surface area contributed by atoms with Gasteiger partial charge in [0.15, 0.2) is 0 Å². The highest BCUT2D eigenvalue weighted by Crippen LogP contribution is 2.25. The van der Waals surface area contributed by atoms with Crippen LogP contribution in [0.1, 0.15) is 6.42 Å². The molecule has 0 aromatic heterocycles. The second-order valence-corrected chi connectivity index (χ2v) is 9.40. The van der Waals surface area contributed by atoms with E-state index in [1.165, 1.54) is 16.4 Å². The van der Waals surface area contributed by atoms with Gasteiger partial charge in [-0.3, -0.25) is 14.5 Å². The van der Waals surface area contributed by atoms with Crippen molar-refractivity contribution in [2.75, 3.05) is 66.6 Å². The minimum atomic E-state index is -3.70. The SMILES string of the molecule is COCCCNC(=O)CN(C)CC(=O)N1CCN(S(=O)(=O)c2ccccc2Cl)CC1. The van der Waals surface area contributed by atoms with E-state index in [0.717, 1.165) is 6.42 Å². The van der Waals surface area contributed by atoms with Crippen molar-refractivity contribution in [3.8, 4) is 0 Å². The number of benzene rings is 1. The van der Waals surface area contributed by atoms with Crippen LogP contribution in [-0.4, -0.2) is 101 Å². The molecule has 1 N–H and O–H groups in total. The van der Waals surface area contributed by atoms with Crippen LogP contribution in [0, 0.1) is 0 Å². The highest BCUT2D eigenvalue weighted by molar-refractivity contribution is 7.89. The molecule has 11 heteroatoms. The monoisotopic (exact) mass is 460 g/mol. The summed E-state index contributed by atoms with van der Waals surface area (Å²) in [7, 11) is -0.399. The number of rotatable bonds is 10. The number of methoxy groups -OCH3 is 1. The number of piperazine rings is 1. The fraction of sp³-hybridized carbons (Fsp3) is 0.579. The van der Waals surface area contributed by atoms with Crippen LogP contribution < -0.4 is 5.32 Å². The highest BCUT2D eigenvalue weighted by atomic mass is 35.5. The Kier molecular flexibility index (Phi) is 9.50. The zero-order valence-electron chi connectivity index (χ0n) is 17.3. The van der Waals surface area contributed by atoms with Gasteiger partial charge in [-0.15, -0.1) is 0 Å². The smallest absolute Gasteiger partial charge is 0.244 e. The third-order valence-electron chi connectivity index (χ3n) is 4.71. The molecule has 168 valence electrons. The number of hydrogen-bond acceptors (Lipinski definition) is 6. The van der Waals surface area contributed by atoms with Gasteiger partial charge in [-0.2, -0.15) is 4.31 Å². The van der Waals surface area contributed by atoms with Crippen LogP contribution in [0.3, 0.4) is 0 Å². The summed E-state index contributed by atoms with van der Waals surface area (Å²) in [6.45, 7) is 2.27. The van der Waals surface area contributed by atoms with Gasteiger partial charge in [0, 0.05) is 46.4 Å². The number of amides is 2. The second-order valence-electron chi connectivity index (χ2n) is 7.08. The van der Waals surface area contributed by atoms with Crippen LogP contribution in [0.4, 0.5) is 0 Å². The maximum Gasteiger partial charge on any atom is 0.244 e. The zero-order valence-corrected chi connectivity index (χ0v) is 18.9. The van der Waals surface area contributed by atoms with E-state index in [0.29, 0.717) is 26.2 Å². The first-order chi connectivity index (χ1) is 14.3. The van der Waals surface area contributed by atoms with Gasteiger partial charge in [0.1, 0.15) is 4.90 Å². The summed E-state index contributed by atoms with van der Waals surface area (Å²) < 4.78 is 31.8. The minimum absolute atomic E-state index is 0.0719. The second kappa shape index (κ2) is 11.6. The molecule has 30 heavy (non-hydrogen) atoms. The average Bonchev–Trinajstić information content (AvgIpc) is 2.71. The quantitative estimate of drug-likeness (QED) is 0.503. The molecular formula is C19H29ClN4O5S. The average molecular weight is 461 g/mol. The summed E-state index contributed by atoms with van der Waals surface area (Å²) in [6, 6.07) is 6.32. The Morgan fingerprint density at radius 2 is 1.83 bits per heavy atom. The van der Waals surface area contributed by atoms with E-state index >= 15 is 0 Å². The van der Waals surface area contributed by atoms with Gasteiger partial charge in [-0.05, 0) is 25.6 Å². The lowest BCUT2D eigenvalue weighted by Gasteiger charge is -2.34. The van der Waals surface area contributed by atoms with Gasteiger partial charge >= 0.3 is 0 Å². The predicted molar refractivity (Wildman–Crippen MR) is 114 cm³/mol. The van der Waals surface area contributed by atoms with Gasteiger partial charge < -0.3 is 15.0 Å². The lowest BCUT2D eigenvalue weighted by molar-refractivity contribution is -0.133. The Balaban J connectivity index is 1.80. The number of sulfonamides is 1. The summed E-state index contributed by atoms with van der Waals surface area (Å²) in [5, 5.41) is 2.95. The van der Waals surface area contributed by atoms with Gasteiger partial charge in [-0.25, -0.2) is 8.42 Å². The van der Waals surface area contributed by atoms with Crippen molar-refractivity contribution in [1.82, 2.24) is 19.4 Å². The molecule has 0 bridgehead atoms. The first-order valence-corrected chi connectivity index (χ1v) is 11.5. The molecule has 1 fully saturated rings. The van der Waals surface area contributed by atoms with Crippen LogP contribution in [-0.2, 0) is 24.3 Å². The lowest BCUT2D eigenvalue weighted by atomic mass is 10.3. The maximum atomic E-state index is 12.8. The van der Waals surface area contributed by atoms with Crippen molar-refractivity contribution in [1.29, 1.82) is 0 Å². The molecule has 0 unspecified atom stereocenters. The Morgan fingerprint density at radius 1 is 1.17 bits per heavy atom. The number of nitrogens with one attached hydrogen (secondary N) is 1. The first kappa shape index (κ1) is 24.5. The number of ether oxygens (including phenoxy) is 1. The molecule has 1 saturated heterocycles. The summed E-state index contributed by atoms with van der Waals surface area (Å²) in [4.78, 5) is 27.7. The third kappa shape index (κ3) is 6.92. The standard InChI is InChI=1S/C19H29ClN4O5S/c1-22(14-18(25)21-8-5-13-29-2)15-19(26)23-9-11-24(12-10-23)30(27,28)17-7-4-3-6-16(17)20/h3-4,6-7H,5,8-15H2,1-2H3,(H,21,25). The van der Waals surface area contributed by atoms with Gasteiger partial charge in [0.05, 0.1) is 18.1 Å². The molecule has 0 atom stereocenters. The number of carbonyl (C=O) groups is 2. The molecule has 1 aliphatic rings. The third-order valence-corrected chi connectivity index (χ3v) is 7.11. The van der Waals surface area contributed by atoms with Crippen LogP contribution in [0.15, 0.2) is 29.2 Å². The Hall–Kier alpha value is -1.72. The van der Waals surface area contributed by atoms with Crippen LogP contribution >= 0.6 is 11.6 Å². The molecule has 2 rings (SSSR count). The molecular weight excluding hydrogens is 432 g/mol. The fourth-order valence-electron chi connectivity index (χ4n) is 3.10. The molecule has 0 radical (unpaired) electrons. The molecule has 0 saturated carbocycles. The molecule has 1 aromatic carbocycles. The van der Waals surface area contributed by atoms with Crippen LogP contribution in [0.25, 0.3) is 0 Å². The van der Waals surface area contributed by atoms with E-state index in [2.05, 4.69) is 5.32 Å². The topological polar surface area (TPSA) is 99.3 Å². The molecule has 0 spiro atoms. The predicted octanol–water partition coefficient (Wildman–Crippen LogP) is 0.257. The largest absolute Gasteiger partial charge is 0.385 e. The summed E-state index contributed by atoms with van der Waals surface area (Å²) >= 11 is 6.04. The van der Waals surface area contributed by atoms with Crippen molar-refractivity contribution < 1.29 is 22.7 Å². The first-order valence-electron chi connectivity index (χ1n) is 9.72. The van der Waals surface area contributed by atoms with Crippen molar-refractivity contribution in [3.63, 3.8) is 0 Å². The summed E-state index contributed by atoms with van der Waals surface area (Å²) in [5.41, 5.74) is 0. The summed E-state index contributed by atoms with van der Waals surface area (Å²) in [6.07, 6.45) is 0.728. The Bertz CT molecular complexity index is 828. The number of likely N-dealkylation sites (N-methyl/N-ethyl adjacent to an activating group) is 1. The van der Waals surface area contributed by atoms with E-state index in [-0.39, 0.29) is 47.9 Å². The normalized spacial score (nSPS) is 15.4. The van der Waals surface area contributed by atoms with E-state index in [4.69, 9.17) is 16.3 Å². The van der Waals surface area contributed by atoms with E-state index in [1.807, 2.05) is 0 Å². The molecule has 1 aliphatic heterocycles. The van der Waals surface area contributed by atoms with E-state index in [1.54, 1.807) is 36.1 Å². The lowest BCUT2D eigenvalue weighted by Crippen LogP contribution is -2.52. The number of carbonyl (C=O) groups excluding carboxylic acids is 2. The van der Waals surface area contributed by atoms with Crippen molar-refractivity contribution in [3.05, 3.63) is 29.3 Å². The van der Waals surface area contributed by atoms with Gasteiger partial charge in [-0.1, -0.05) is 23.7 Å². The highest BCUT2D eigenvalue weighted by Gasteiger charge is 2.31. The van der Waals surface area contributed by atoms with Crippen molar-refractivity contribution >= 4 is 33.4 Å². The number of nitrogens with zero attached hydrogens (tertiary/aromatic N) is 3. The molecule has 9 nitrogen and oxygen atoms in total. The van der Waals surface area contributed by atoms with Crippen LogP contribution in [0.2, 0.25) is 5.02 Å². The van der Waals surface area contributed by atoms with E-state index < -0.39 is 10.0 Å². The molecule has 2 amide bonds. The van der Waals surface area contributed by atoms with E-state index in [9.17, 15) is 18.0 Å². The molecule has 1 heterocycles. The van der Waals surface area contributed by atoms with Gasteiger partial charge in [0.2, 0.25) is 21.8 Å². The van der Waals surface area contributed by atoms with Crippen LogP contribution in [0.5, 0.6) is 0 Å². The molecule has 0 aliphatic carbocycles. The maximum absolute atomic E-state index is 12.8. The molecule has 1 aromatic rings. The van der Waals surface area contributed by atoms with Crippen molar-refractivity contribution in [2.45, 2.75) is 11.3 Å². The Labute approximate surface area is 182 Å². The minimum Gasteiger partial charge on any atom is -0.385 e. The van der Waals surface area contributed by atoms with Gasteiger partial charge in [0.25, 0.3) is 0 Å². The van der Waals surface area contributed by atoms with Crippen molar-refractivity contribution in [2.24, 2.45) is 0 Å². The Morgan fingerprint density at radius 3 is 2.47 bits per heavy atom. The number of halogens is 1. The number of hydrogen-bond donors (Lipinski definition) is 1. The summed E-state index contributed by atoms with van der Waals surface area (Å²) in [5.74, 6) is -0.295. The fourth-order valence-corrected chi connectivity index (χ4v) is 5.02.